The van der Waals surface area contributed by atoms with Crippen molar-refractivity contribution >= 4 is 11.5 Å². The summed E-state index contributed by atoms with van der Waals surface area (Å²) in [6, 6.07) is 3.45. The third-order valence-corrected chi connectivity index (χ3v) is 3.09. The maximum Gasteiger partial charge on any atom is 0.311 e. The molecule has 1 aromatic rings. The molecule has 1 heterocycles. The number of nitrogens with one attached hydrogen (secondary N) is 1. The van der Waals surface area contributed by atoms with E-state index in [9.17, 15) is 10.1 Å². The van der Waals surface area contributed by atoms with Gasteiger partial charge in [0.15, 0.2) is 0 Å². The van der Waals surface area contributed by atoms with E-state index >= 15 is 0 Å². The molecular weight excluding hydrogens is 242 g/mol. The maximum absolute atomic E-state index is 11.0. The van der Waals surface area contributed by atoms with Crippen LogP contribution in [-0.4, -0.2) is 15.9 Å². The molecule has 0 aliphatic heterocycles. The van der Waals surface area contributed by atoms with Crippen LogP contribution in [0.1, 0.15) is 51.6 Å². The minimum Gasteiger partial charge on any atom is -0.362 e. The Balaban J connectivity index is 2.87. The average molecular weight is 265 g/mol. The smallest absolute Gasteiger partial charge is 0.311 e. The van der Waals surface area contributed by atoms with E-state index in [0.717, 1.165) is 37.8 Å². The number of aryl methyl sites for hydroxylation is 1. The summed E-state index contributed by atoms with van der Waals surface area (Å²) in [7, 11) is 0. The Morgan fingerprint density at radius 2 is 2.05 bits per heavy atom. The molecule has 0 radical (unpaired) electrons. The second kappa shape index (κ2) is 7.71. The highest BCUT2D eigenvalue weighted by atomic mass is 16.6. The minimum atomic E-state index is -0.377. The van der Waals surface area contributed by atoms with Crippen LogP contribution in [0.15, 0.2) is 12.1 Å². The first-order valence-corrected chi connectivity index (χ1v) is 6.97. The average Bonchev–Trinajstić information content (AvgIpc) is 2.36. The molecular formula is C14H23N3O2. The fraction of sp³-hybridized carbons (Fsp3) is 0.643. The number of nitrogens with zero attached hydrogens (tertiary/aromatic N) is 2. The quantitative estimate of drug-likeness (QED) is 0.568. The van der Waals surface area contributed by atoms with E-state index in [2.05, 4.69) is 24.1 Å². The summed E-state index contributed by atoms with van der Waals surface area (Å²) in [5.74, 6) is 0.402. The highest BCUT2D eigenvalue weighted by Gasteiger charge is 2.18. The maximum atomic E-state index is 11.0. The van der Waals surface area contributed by atoms with Gasteiger partial charge < -0.3 is 5.32 Å². The molecule has 0 spiro atoms. The lowest BCUT2D eigenvalue weighted by atomic mass is 10.1. The Morgan fingerprint density at radius 1 is 1.32 bits per heavy atom. The highest BCUT2D eigenvalue weighted by molar-refractivity contribution is 5.56. The molecule has 0 bridgehead atoms. The molecule has 1 rings (SSSR count). The number of aromatic nitrogens is 1. The fourth-order valence-corrected chi connectivity index (χ4v) is 2.08. The van der Waals surface area contributed by atoms with Gasteiger partial charge in [-0.25, -0.2) is 4.98 Å². The number of pyridine rings is 1. The van der Waals surface area contributed by atoms with Gasteiger partial charge in [0, 0.05) is 17.8 Å². The molecule has 0 amide bonds. The minimum absolute atomic E-state index is 0.0585. The first-order chi connectivity index (χ1) is 9.08. The topological polar surface area (TPSA) is 68.1 Å². The number of nitro groups is 1. The second-order valence-corrected chi connectivity index (χ2v) is 4.85. The van der Waals surface area contributed by atoms with Crippen molar-refractivity contribution in [3.8, 4) is 0 Å². The van der Waals surface area contributed by atoms with E-state index in [0.29, 0.717) is 5.82 Å². The predicted molar refractivity (Wildman–Crippen MR) is 77.5 cm³/mol. The van der Waals surface area contributed by atoms with Crippen LogP contribution < -0.4 is 5.32 Å². The van der Waals surface area contributed by atoms with E-state index in [1.807, 2.05) is 6.92 Å². The summed E-state index contributed by atoms with van der Waals surface area (Å²) in [5.41, 5.74) is 0.849. The third kappa shape index (κ3) is 4.85. The normalized spacial score (nSPS) is 12.2. The van der Waals surface area contributed by atoms with Crippen LogP contribution in [0.2, 0.25) is 0 Å². The van der Waals surface area contributed by atoms with E-state index < -0.39 is 0 Å². The van der Waals surface area contributed by atoms with Gasteiger partial charge in [-0.1, -0.05) is 33.1 Å². The van der Waals surface area contributed by atoms with Crippen LogP contribution in [0.4, 0.5) is 11.5 Å². The highest BCUT2D eigenvalue weighted by Crippen LogP contribution is 2.24. The van der Waals surface area contributed by atoms with Crippen molar-refractivity contribution in [2.45, 2.75) is 58.9 Å². The Kier molecular flexibility index (Phi) is 6.25. The van der Waals surface area contributed by atoms with E-state index in [-0.39, 0.29) is 16.7 Å². The van der Waals surface area contributed by atoms with E-state index in [1.165, 1.54) is 6.07 Å². The van der Waals surface area contributed by atoms with Crippen LogP contribution in [0, 0.1) is 17.0 Å². The summed E-state index contributed by atoms with van der Waals surface area (Å²) >= 11 is 0. The molecule has 0 saturated heterocycles. The van der Waals surface area contributed by atoms with Gasteiger partial charge in [-0.05, 0) is 25.8 Å². The molecule has 1 unspecified atom stereocenters. The molecule has 0 saturated carbocycles. The van der Waals surface area contributed by atoms with Crippen LogP contribution in [-0.2, 0) is 0 Å². The Hall–Kier alpha value is -1.65. The van der Waals surface area contributed by atoms with Crippen LogP contribution in [0.25, 0.3) is 0 Å². The molecule has 0 aliphatic rings. The molecule has 19 heavy (non-hydrogen) atoms. The Morgan fingerprint density at radius 3 is 2.63 bits per heavy atom. The van der Waals surface area contributed by atoms with Crippen molar-refractivity contribution in [1.82, 2.24) is 4.98 Å². The zero-order valence-corrected chi connectivity index (χ0v) is 12.0. The summed E-state index contributed by atoms with van der Waals surface area (Å²) in [6.45, 7) is 6.12. The molecule has 5 heteroatoms. The summed E-state index contributed by atoms with van der Waals surface area (Å²) in [5, 5.41) is 14.3. The zero-order valence-electron chi connectivity index (χ0n) is 12.0. The zero-order chi connectivity index (χ0) is 14.3. The van der Waals surface area contributed by atoms with Gasteiger partial charge in [0.2, 0.25) is 5.82 Å². The molecule has 0 aliphatic carbocycles. The van der Waals surface area contributed by atoms with Crippen LogP contribution in [0.3, 0.4) is 0 Å². The number of hydrogen-bond acceptors (Lipinski definition) is 4. The van der Waals surface area contributed by atoms with Gasteiger partial charge >= 0.3 is 5.69 Å². The molecule has 0 fully saturated rings. The van der Waals surface area contributed by atoms with Gasteiger partial charge in [-0.15, -0.1) is 0 Å². The Bertz CT molecular complexity index is 421. The number of rotatable bonds is 8. The lowest BCUT2D eigenvalue weighted by molar-refractivity contribution is -0.384. The summed E-state index contributed by atoms with van der Waals surface area (Å²) < 4.78 is 0. The number of anilines is 1. The lowest BCUT2D eigenvalue weighted by Gasteiger charge is -2.18. The van der Waals surface area contributed by atoms with Crippen molar-refractivity contribution in [2.24, 2.45) is 0 Å². The van der Waals surface area contributed by atoms with Crippen LogP contribution >= 0.6 is 0 Å². The van der Waals surface area contributed by atoms with Crippen molar-refractivity contribution in [2.75, 3.05) is 5.32 Å². The van der Waals surface area contributed by atoms with Crippen molar-refractivity contribution in [3.05, 3.63) is 27.9 Å². The molecule has 1 N–H and O–H groups in total. The van der Waals surface area contributed by atoms with Gasteiger partial charge in [0.1, 0.15) is 0 Å². The second-order valence-electron chi connectivity index (χ2n) is 4.85. The predicted octanol–water partition coefficient (Wildman–Crippen LogP) is 4.07. The number of unbranched alkanes of at least 4 members (excludes halogenated alkanes) is 1. The van der Waals surface area contributed by atoms with Crippen molar-refractivity contribution in [1.29, 1.82) is 0 Å². The number of hydrogen-bond donors (Lipinski definition) is 1. The van der Waals surface area contributed by atoms with Crippen molar-refractivity contribution < 1.29 is 4.92 Å². The van der Waals surface area contributed by atoms with Gasteiger partial charge in [-0.2, -0.15) is 0 Å². The SMILES string of the molecule is CCCCC(CCC)Nc1nc(C)ccc1[N+](=O)[O-]. The molecule has 106 valence electrons. The first kappa shape index (κ1) is 15.4. The molecule has 1 aromatic heterocycles. The van der Waals surface area contributed by atoms with Gasteiger partial charge in [0.05, 0.1) is 4.92 Å². The summed E-state index contributed by atoms with van der Waals surface area (Å²) in [4.78, 5) is 14.9. The standard InChI is InChI=1S/C14H23N3O2/c1-4-6-8-12(7-5-2)16-14-13(17(18)19)10-9-11(3)15-14/h9-10,12H,4-8H2,1-3H3,(H,15,16). The monoisotopic (exact) mass is 265 g/mol. The Labute approximate surface area is 114 Å². The summed E-state index contributed by atoms with van der Waals surface area (Å²) in [6.07, 6.45) is 5.34. The van der Waals surface area contributed by atoms with E-state index in [1.54, 1.807) is 6.07 Å². The van der Waals surface area contributed by atoms with Gasteiger partial charge in [0.25, 0.3) is 0 Å². The van der Waals surface area contributed by atoms with Crippen molar-refractivity contribution in [3.63, 3.8) is 0 Å². The van der Waals surface area contributed by atoms with Crippen LogP contribution in [0.5, 0.6) is 0 Å². The molecule has 1 atom stereocenters. The largest absolute Gasteiger partial charge is 0.362 e. The molecule has 0 aromatic carbocycles. The first-order valence-electron chi connectivity index (χ1n) is 6.97. The fourth-order valence-electron chi connectivity index (χ4n) is 2.08. The molecule has 5 nitrogen and oxygen atoms in total. The third-order valence-electron chi connectivity index (χ3n) is 3.09. The lowest BCUT2D eigenvalue weighted by Crippen LogP contribution is -2.20. The van der Waals surface area contributed by atoms with Gasteiger partial charge in [-0.3, -0.25) is 10.1 Å². The van der Waals surface area contributed by atoms with E-state index in [4.69, 9.17) is 0 Å².